The lowest BCUT2D eigenvalue weighted by Crippen LogP contribution is -2.47. The highest BCUT2D eigenvalue weighted by Crippen LogP contribution is 2.23. The SMILES string of the molecule is C[C@@]1(NC(=O)CCc2nc(-c3ccc(Cl)cc3)no2)CCS(=O)(=O)C1. The van der Waals surface area contributed by atoms with Crippen molar-refractivity contribution in [1.82, 2.24) is 15.5 Å². The number of halogens is 1. The molecule has 2 heterocycles. The van der Waals surface area contributed by atoms with Gasteiger partial charge in [-0.15, -0.1) is 0 Å². The topological polar surface area (TPSA) is 102 Å². The summed E-state index contributed by atoms with van der Waals surface area (Å²) in [6.07, 6.45) is 0.871. The fourth-order valence-electron chi connectivity index (χ4n) is 2.80. The van der Waals surface area contributed by atoms with E-state index in [0.717, 1.165) is 5.56 Å². The maximum Gasteiger partial charge on any atom is 0.227 e. The molecule has 1 N–H and O–H groups in total. The second-order valence-electron chi connectivity index (χ2n) is 6.47. The van der Waals surface area contributed by atoms with E-state index in [1.807, 2.05) is 0 Å². The molecule has 0 bridgehead atoms. The van der Waals surface area contributed by atoms with Gasteiger partial charge in [0.15, 0.2) is 9.84 Å². The highest BCUT2D eigenvalue weighted by atomic mass is 35.5. The van der Waals surface area contributed by atoms with Crippen molar-refractivity contribution in [3.8, 4) is 11.4 Å². The average Bonchev–Trinajstić information content (AvgIpc) is 3.10. The maximum atomic E-state index is 12.1. The highest BCUT2D eigenvalue weighted by Gasteiger charge is 2.39. The molecule has 3 rings (SSSR count). The van der Waals surface area contributed by atoms with Crippen molar-refractivity contribution in [2.75, 3.05) is 11.5 Å². The van der Waals surface area contributed by atoms with E-state index in [-0.39, 0.29) is 30.3 Å². The molecule has 0 saturated carbocycles. The van der Waals surface area contributed by atoms with Crippen LogP contribution in [-0.4, -0.2) is 41.5 Å². The molecule has 0 spiro atoms. The third-order valence-corrected chi connectivity index (χ3v) is 6.24. The summed E-state index contributed by atoms with van der Waals surface area (Å²) in [7, 11) is -3.06. The lowest BCUT2D eigenvalue weighted by Gasteiger charge is -2.23. The smallest absolute Gasteiger partial charge is 0.227 e. The Bertz CT molecular complexity index is 879. The molecule has 1 atom stereocenters. The van der Waals surface area contributed by atoms with Crippen molar-refractivity contribution in [3.05, 3.63) is 35.2 Å². The van der Waals surface area contributed by atoms with Gasteiger partial charge in [-0.25, -0.2) is 8.42 Å². The number of amides is 1. The van der Waals surface area contributed by atoms with Crippen LogP contribution < -0.4 is 5.32 Å². The summed E-state index contributed by atoms with van der Waals surface area (Å²) < 4.78 is 28.3. The highest BCUT2D eigenvalue weighted by molar-refractivity contribution is 7.91. The Morgan fingerprint density at radius 1 is 1.36 bits per heavy atom. The third-order valence-electron chi connectivity index (χ3n) is 4.08. The molecule has 0 radical (unpaired) electrons. The van der Waals surface area contributed by atoms with Gasteiger partial charge < -0.3 is 9.84 Å². The summed E-state index contributed by atoms with van der Waals surface area (Å²) in [6.45, 7) is 1.75. The zero-order valence-corrected chi connectivity index (χ0v) is 15.2. The number of nitrogens with zero attached hydrogens (tertiary/aromatic N) is 2. The zero-order chi connectivity index (χ0) is 18.1. The molecule has 134 valence electrons. The first-order chi connectivity index (χ1) is 11.7. The molecule has 9 heteroatoms. The molecule has 25 heavy (non-hydrogen) atoms. The first kappa shape index (κ1) is 17.9. The van der Waals surface area contributed by atoms with Gasteiger partial charge >= 0.3 is 0 Å². The van der Waals surface area contributed by atoms with E-state index in [0.29, 0.717) is 23.2 Å². The Labute approximate surface area is 150 Å². The minimum absolute atomic E-state index is 0.0208. The van der Waals surface area contributed by atoms with Gasteiger partial charge in [0.25, 0.3) is 0 Å². The molecule has 1 fully saturated rings. The van der Waals surface area contributed by atoms with Crippen molar-refractivity contribution in [2.45, 2.75) is 31.7 Å². The van der Waals surface area contributed by atoms with Crippen molar-refractivity contribution in [2.24, 2.45) is 0 Å². The zero-order valence-electron chi connectivity index (χ0n) is 13.7. The summed E-state index contributed by atoms with van der Waals surface area (Å²) in [4.78, 5) is 16.4. The summed E-state index contributed by atoms with van der Waals surface area (Å²) in [6, 6.07) is 7.03. The van der Waals surface area contributed by atoms with Crippen LogP contribution in [0.1, 0.15) is 25.7 Å². The number of aromatic nitrogens is 2. The van der Waals surface area contributed by atoms with E-state index in [4.69, 9.17) is 16.1 Å². The van der Waals surface area contributed by atoms with Crippen molar-refractivity contribution < 1.29 is 17.7 Å². The molecule has 1 aliphatic heterocycles. The molecule has 0 unspecified atom stereocenters. The quantitative estimate of drug-likeness (QED) is 0.847. The van der Waals surface area contributed by atoms with Crippen LogP contribution in [0, 0.1) is 0 Å². The Morgan fingerprint density at radius 2 is 2.08 bits per heavy atom. The number of aryl methyl sites for hydroxylation is 1. The molecular weight excluding hydrogens is 366 g/mol. The van der Waals surface area contributed by atoms with Crippen molar-refractivity contribution in [3.63, 3.8) is 0 Å². The lowest BCUT2D eigenvalue weighted by atomic mass is 10.0. The molecule has 1 aliphatic rings. The summed E-state index contributed by atoms with van der Waals surface area (Å²) in [5.41, 5.74) is 0.0756. The predicted octanol–water partition coefficient (Wildman–Crippen LogP) is 2.02. The predicted molar refractivity (Wildman–Crippen MR) is 92.9 cm³/mol. The van der Waals surface area contributed by atoms with Crippen LogP contribution >= 0.6 is 11.6 Å². The van der Waals surface area contributed by atoms with Crippen LogP contribution in [0.5, 0.6) is 0 Å². The molecule has 0 aliphatic carbocycles. The average molecular weight is 384 g/mol. The number of hydrogen-bond donors (Lipinski definition) is 1. The van der Waals surface area contributed by atoms with E-state index in [9.17, 15) is 13.2 Å². The minimum Gasteiger partial charge on any atom is -0.350 e. The van der Waals surface area contributed by atoms with E-state index < -0.39 is 15.4 Å². The molecule has 1 saturated heterocycles. The van der Waals surface area contributed by atoms with Crippen LogP contribution in [0.4, 0.5) is 0 Å². The Balaban J connectivity index is 1.55. The Kier molecular flexibility index (Phi) is 4.83. The number of benzene rings is 1. The van der Waals surface area contributed by atoms with Crippen LogP contribution in [0.2, 0.25) is 5.02 Å². The Morgan fingerprint density at radius 3 is 2.72 bits per heavy atom. The van der Waals surface area contributed by atoms with Gasteiger partial charge in [-0.05, 0) is 37.6 Å². The van der Waals surface area contributed by atoms with E-state index in [2.05, 4.69) is 15.5 Å². The molecule has 7 nitrogen and oxygen atoms in total. The summed E-state index contributed by atoms with van der Waals surface area (Å²) in [5, 5.41) is 7.31. The molecule has 2 aromatic rings. The maximum absolute atomic E-state index is 12.1. The normalized spacial score (nSPS) is 22.0. The second-order valence-corrected chi connectivity index (χ2v) is 9.09. The van der Waals surface area contributed by atoms with E-state index >= 15 is 0 Å². The van der Waals surface area contributed by atoms with Crippen molar-refractivity contribution in [1.29, 1.82) is 0 Å². The van der Waals surface area contributed by atoms with Gasteiger partial charge in [0, 0.05) is 23.4 Å². The standard InChI is InChI=1S/C16H18ClN3O4S/c1-16(8-9-25(22,23)10-16)19-13(21)6-7-14-18-15(20-24-14)11-2-4-12(17)5-3-11/h2-5H,6-10H2,1H3,(H,19,21)/t16-/m1/s1. The number of carbonyl (C=O) groups excluding carboxylic acids is 1. The second kappa shape index (κ2) is 6.76. The fourth-order valence-corrected chi connectivity index (χ4v) is 5.02. The number of nitrogens with one attached hydrogen (secondary N) is 1. The van der Waals surface area contributed by atoms with E-state index in [1.165, 1.54) is 0 Å². The van der Waals surface area contributed by atoms with Gasteiger partial charge in [0.05, 0.1) is 17.0 Å². The van der Waals surface area contributed by atoms with Gasteiger partial charge in [-0.2, -0.15) is 4.98 Å². The molecular formula is C16H18ClN3O4S. The minimum atomic E-state index is -3.06. The van der Waals surface area contributed by atoms with Gasteiger partial charge in [-0.1, -0.05) is 16.8 Å². The summed E-state index contributed by atoms with van der Waals surface area (Å²) >= 11 is 5.84. The number of rotatable bonds is 5. The van der Waals surface area contributed by atoms with Gasteiger partial charge in [0.2, 0.25) is 17.6 Å². The molecule has 1 aromatic heterocycles. The summed E-state index contributed by atoms with van der Waals surface area (Å²) in [5.74, 6) is 0.640. The van der Waals surface area contributed by atoms with Gasteiger partial charge in [0.1, 0.15) is 0 Å². The molecule has 1 aromatic carbocycles. The monoisotopic (exact) mass is 383 g/mol. The Hall–Kier alpha value is -1.93. The van der Waals surface area contributed by atoms with Gasteiger partial charge in [-0.3, -0.25) is 4.79 Å². The first-order valence-electron chi connectivity index (χ1n) is 7.85. The van der Waals surface area contributed by atoms with Crippen LogP contribution in [0.3, 0.4) is 0 Å². The van der Waals surface area contributed by atoms with Crippen LogP contribution in [0.15, 0.2) is 28.8 Å². The van der Waals surface area contributed by atoms with Crippen molar-refractivity contribution >= 4 is 27.3 Å². The number of carbonyl (C=O) groups is 1. The number of sulfone groups is 1. The lowest BCUT2D eigenvalue weighted by molar-refractivity contribution is -0.122. The largest absolute Gasteiger partial charge is 0.350 e. The van der Waals surface area contributed by atoms with Crippen LogP contribution in [0.25, 0.3) is 11.4 Å². The van der Waals surface area contributed by atoms with E-state index in [1.54, 1.807) is 31.2 Å². The first-order valence-corrected chi connectivity index (χ1v) is 10.0. The van der Waals surface area contributed by atoms with Crippen LogP contribution in [-0.2, 0) is 21.1 Å². The third kappa shape index (κ3) is 4.58. The fraction of sp³-hybridized carbons (Fsp3) is 0.438. The number of hydrogen-bond acceptors (Lipinski definition) is 6. The molecule has 1 amide bonds.